The Bertz CT molecular complexity index is 469. The first-order valence-electron chi connectivity index (χ1n) is 3.84. The van der Waals surface area contributed by atoms with E-state index in [0.29, 0.717) is 22.9 Å². The maximum absolute atomic E-state index is 8.51. The van der Waals surface area contributed by atoms with Crippen LogP contribution in [0.5, 0.6) is 0 Å². The number of aromatic nitrogens is 1. The van der Waals surface area contributed by atoms with E-state index in [9.17, 15) is 0 Å². The zero-order valence-corrected chi connectivity index (χ0v) is 10.0. The number of nitriles is 1. The topological polar surface area (TPSA) is 36.7 Å². The number of fused-ring (bicyclic) bond motifs is 1. The fourth-order valence-corrected chi connectivity index (χ4v) is 3.96. The lowest BCUT2D eigenvalue weighted by Gasteiger charge is -1.94. The van der Waals surface area contributed by atoms with Gasteiger partial charge in [0.1, 0.15) is 5.69 Å². The summed E-state index contributed by atoms with van der Waals surface area (Å²) in [7, 11) is 2.91. The monoisotopic (exact) mass is 262 g/mol. The molecule has 1 heterocycles. The molecule has 1 aliphatic heterocycles. The van der Waals surface area contributed by atoms with Crippen LogP contribution in [0.4, 0.5) is 0 Å². The van der Waals surface area contributed by atoms with Gasteiger partial charge in [0.15, 0.2) is 0 Å². The molecule has 2 aliphatic rings. The first-order valence-corrected chi connectivity index (χ1v) is 6.70. The van der Waals surface area contributed by atoms with Crippen molar-refractivity contribution in [1.29, 1.82) is 5.26 Å². The lowest BCUT2D eigenvalue weighted by molar-refractivity contribution is 1.02. The van der Waals surface area contributed by atoms with Gasteiger partial charge in [-0.2, -0.15) is 9.64 Å². The van der Waals surface area contributed by atoms with E-state index in [1.807, 2.05) is 0 Å². The molecule has 0 unspecified atom stereocenters. The largest absolute Gasteiger partial charge is 0.198 e. The number of hydrogen-bond acceptors (Lipinski definition) is 4. The normalized spacial score (nSPS) is 10.6. The zero-order chi connectivity index (χ0) is 10.1. The molecule has 0 saturated heterocycles. The summed E-state index contributed by atoms with van der Waals surface area (Å²) in [5.74, 6) is 0. The number of halogens is 2. The van der Waals surface area contributed by atoms with E-state index in [-0.39, 0.29) is 0 Å². The number of hydrogen-bond donors (Lipinski definition) is 0. The van der Waals surface area contributed by atoms with Gasteiger partial charge in [0, 0.05) is 22.5 Å². The zero-order valence-electron chi connectivity index (χ0n) is 6.88. The Labute approximate surface area is 98.6 Å². The van der Waals surface area contributed by atoms with Gasteiger partial charge in [0.25, 0.3) is 0 Å². The highest BCUT2D eigenvalue weighted by atomic mass is 35.5. The molecule has 72 valence electrons. The molecule has 1 aliphatic carbocycles. The number of rotatable bonds is 2. The minimum atomic E-state index is 0.442. The van der Waals surface area contributed by atoms with Gasteiger partial charge in [-0.15, -0.1) is 0 Å². The van der Waals surface area contributed by atoms with E-state index in [1.165, 1.54) is 20.9 Å². The summed E-state index contributed by atoms with van der Waals surface area (Å²) >= 11 is 12.1. The summed E-state index contributed by atoms with van der Waals surface area (Å²) in [6.07, 6.45) is 1.06. The molecule has 6 heteroatoms. The second-order valence-electron chi connectivity index (χ2n) is 2.69. The predicted octanol–water partition coefficient (Wildman–Crippen LogP) is 4.07. The van der Waals surface area contributed by atoms with Crippen LogP contribution < -0.4 is 0 Å². The highest BCUT2D eigenvalue weighted by molar-refractivity contribution is 7.68. The molecule has 14 heavy (non-hydrogen) atoms. The molecule has 0 saturated carbocycles. The molecule has 0 bridgehead atoms. The minimum absolute atomic E-state index is 0.442. The molecule has 0 spiro atoms. The van der Waals surface area contributed by atoms with Crippen LogP contribution >= 0.6 is 44.1 Å². The van der Waals surface area contributed by atoms with E-state index in [2.05, 4.69) is 10.4 Å². The molecule has 0 amide bonds. The van der Waals surface area contributed by atoms with Crippen molar-refractivity contribution in [2.75, 3.05) is 0 Å². The fourth-order valence-electron chi connectivity index (χ4n) is 1.25. The third-order valence-electron chi connectivity index (χ3n) is 1.89. The Morgan fingerprint density at radius 3 is 2.86 bits per heavy atom. The summed E-state index contributed by atoms with van der Waals surface area (Å²) in [5.41, 5.74) is 1.77. The summed E-state index contributed by atoms with van der Waals surface area (Å²) < 4.78 is 4.24. The highest BCUT2D eigenvalue weighted by Gasteiger charge is 2.23. The SMILES string of the molecule is N#CCCc1c2nssc-2c(Cl)c1Cl. The van der Waals surface area contributed by atoms with Gasteiger partial charge in [-0.05, 0) is 6.42 Å². The highest BCUT2D eigenvalue weighted by Crippen LogP contribution is 2.46. The Hall–Kier alpha value is -0.340. The van der Waals surface area contributed by atoms with Crippen molar-refractivity contribution in [2.24, 2.45) is 0 Å². The number of nitrogens with zero attached hydrogens (tertiary/aromatic N) is 2. The van der Waals surface area contributed by atoms with Crippen LogP contribution in [-0.4, -0.2) is 4.37 Å². The van der Waals surface area contributed by atoms with Crippen molar-refractivity contribution < 1.29 is 0 Å². The second kappa shape index (κ2) is 4.03. The molecule has 0 fully saturated rings. The third-order valence-corrected chi connectivity index (χ3v) is 4.74. The molecule has 2 nitrogen and oxygen atoms in total. The van der Waals surface area contributed by atoms with Gasteiger partial charge in [-0.3, -0.25) is 0 Å². The quantitative estimate of drug-likeness (QED) is 0.765. The summed E-state index contributed by atoms with van der Waals surface area (Å²) in [5, 5.41) is 9.64. The van der Waals surface area contributed by atoms with Crippen LogP contribution in [0.3, 0.4) is 0 Å². The Morgan fingerprint density at radius 1 is 1.36 bits per heavy atom. The smallest absolute Gasteiger partial charge is 0.101 e. The van der Waals surface area contributed by atoms with Gasteiger partial charge in [-0.1, -0.05) is 33.5 Å². The third kappa shape index (κ3) is 1.51. The van der Waals surface area contributed by atoms with E-state index in [0.717, 1.165) is 16.1 Å². The van der Waals surface area contributed by atoms with E-state index >= 15 is 0 Å². The lowest BCUT2D eigenvalue weighted by atomic mass is 10.1. The minimum Gasteiger partial charge on any atom is -0.198 e. The maximum atomic E-state index is 8.51. The molecular weight excluding hydrogens is 259 g/mol. The Kier molecular flexibility index (Phi) is 2.93. The molecule has 0 N–H and O–H groups in total. The van der Waals surface area contributed by atoms with Gasteiger partial charge >= 0.3 is 0 Å². The van der Waals surface area contributed by atoms with E-state index < -0.39 is 0 Å². The van der Waals surface area contributed by atoms with Gasteiger partial charge < -0.3 is 0 Å². The molecule has 0 aromatic carbocycles. The molecule has 0 atom stereocenters. The second-order valence-corrected chi connectivity index (χ2v) is 5.30. The Balaban J connectivity index is 2.48. The van der Waals surface area contributed by atoms with Crippen LogP contribution in [0.1, 0.15) is 12.0 Å². The average Bonchev–Trinajstić information content (AvgIpc) is 2.72. The predicted molar refractivity (Wildman–Crippen MR) is 60.6 cm³/mol. The van der Waals surface area contributed by atoms with Crippen LogP contribution in [0.15, 0.2) is 0 Å². The molecular formula is C8H4Cl2N2S2. The first-order chi connectivity index (χ1) is 6.75. The van der Waals surface area contributed by atoms with E-state index in [1.54, 1.807) is 0 Å². The van der Waals surface area contributed by atoms with Crippen molar-refractivity contribution >= 4 is 44.1 Å². The van der Waals surface area contributed by atoms with Crippen LogP contribution in [-0.2, 0) is 6.42 Å². The summed E-state index contributed by atoms with van der Waals surface area (Å²) in [6.45, 7) is 0. The van der Waals surface area contributed by atoms with Crippen molar-refractivity contribution in [2.45, 2.75) is 12.8 Å². The van der Waals surface area contributed by atoms with E-state index in [4.69, 9.17) is 28.5 Å². The fraction of sp³-hybridized carbons (Fsp3) is 0.250. The van der Waals surface area contributed by atoms with Crippen molar-refractivity contribution in [3.05, 3.63) is 15.6 Å². The van der Waals surface area contributed by atoms with Crippen LogP contribution in [0.2, 0.25) is 10.0 Å². The first kappa shape index (κ1) is 10.2. The molecule has 0 aromatic rings. The van der Waals surface area contributed by atoms with Crippen molar-refractivity contribution in [3.63, 3.8) is 0 Å². The standard InChI is InChI=1S/C8H4Cl2N2S2/c9-5-4(2-1-3-11)7-8(6(5)10)13-14-12-7/h1-2H2. The van der Waals surface area contributed by atoms with Crippen molar-refractivity contribution in [1.82, 2.24) is 4.37 Å². The molecule has 0 aromatic heterocycles. The van der Waals surface area contributed by atoms with Gasteiger partial charge in [0.2, 0.25) is 0 Å². The Morgan fingerprint density at radius 2 is 2.14 bits per heavy atom. The molecule has 0 radical (unpaired) electrons. The maximum Gasteiger partial charge on any atom is 0.101 e. The van der Waals surface area contributed by atoms with Gasteiger partial charge in [0.05, 0.1) is 21.0 Å². The average molecular weight is 263 g/mol. The lowest BCUT2D eigenvalue weighted by Crippen LogP contribution is -1.83. The van der Waals surface area contributed by atoms with Crippen LogP contribution in [0, 0.1) is 11.3 Å². The van der Waals surface area contributed by atoms with Crippen molar-refractivity contribution in [3.8, 4) is 16.6 Å². The summed E-state index contributed by atoms with van der Waals surface area (Å²) in [6, 6.07) is 2.09. The van der Waals surface area contributed by atoms with Gasteiger partial charge in [-0.25, -0.2) is 0 Å². The van der Waals surface area contributed by atoms with Crippen LogP contribution in [0.25, 0.3) is 10.6 Å². The summed E-state index contributed by atoms with van der Waals surface area (Å²) in [4.78, 5) is 0.939. The molecule has 2 rings (SSSR count).